The summed E-state index contributed by atoms with van der Waals surface area (Å²) < 4.78 is 0. The van der Waals surface area contributed by atoms with E-state index in [2.05, 4.69) is 11.9 Å². The van der Waals surface area contributed by atoms with Gasteiger partial charge in [-0.05, 0) is 24.6 Å². The molecular formula is C11H15N3. The van der Waals surface area contributed by atoms with Crippen LogP contribution in [0.5, 0.6) is 0 Å². The number of rotatable bonds is 4. The molecule has 0 atom stereocenters. The lowest BCUT2D eigenvalue weighted by molar-refractivity contribution is 1.32. The lowest BCUT2D eigenvalue weighted by atomic mass is 10.1. The van der Waals surface area contributed by atoms with Gasteiger partial charge in [0.05, 0.1) is 0 Å². The third-order valence-electron chi connectivity index (χ3n) is 2.03. The fourth-order valence-corrected chi connectivity index (χ4v) is 1.20. The van der Waals surface area contributed by atoms with Crippen molar-refractivity contribution in [2.45, 2.75) is 6.92 Å². The van der Waals surface area contributed by atoms with E-state index in [4.69, 9.17) is 11.1 Å². The van der Waals surface area contributed by atoms with E-state index in [1.807, 2.05) is 19.1 Å². The van der Waals surface area contributed by atoms with Crippen molar-refractivity contribution in [1.29, 1.82) is 5.41 Å². The number of nitrogens with two attached hydrogens (primary N) is 1. The lowest BCUT2D eigenvalue weighted by Gasteiger charge is -2.10. The molecule has 3 nitrogen and oxygen atoms in total. The van der Waals surface area contributed by atoms with Crippen molar-refractivity contribution in [3.63, 3.8) is 0 Å². The molecule has 74 valence electrons. The molecule has 1 aromatic carbocycles. The van der Waals surface area contributed by atoms with Crippen LogP contribution in [0.4, 0.5) is 11.4 Å². The second kappa shape index (κ2) is 4.46. The lowest BCUT2D eigenvalue weighted by Crippen LogP contribution is -2.03. The first-order chi connectivity index (χ1) is 6.69. The van der Waals surface area contributed by atoms with Gasteiger partial charge in [0.15, 0.2) is 0 Å². The van der Waals surface area contributed by atoms with E-state index in [0.717, 1.165) is 22.5 Å². The molecule has 0 saturated heterocycles. The van der Waals surface area contributed by atoms with Gasteiger partial charge in [-0.3, -0.25) is 0 Å². The highest BCUT2D eigenvalue weighted by molar-refractivity contribution is 5.87. The zero-order valence-corrected chi connectivity index (χ0v) is 8.30. The van der Waals surface area contributed by atoms with E-state index in [9.17, 15) is 0 Å². The van der Waals surface area contributed by atoms with Crippen molar-refractivity contribution in [3.8, 4) is 0 Å². The Morgan fingerprint density at radius 2 is 2.29 bits per heavy atom. The van der Waals surface area contributed by atoms with Crippen LogP contribution in [0.25, 0.3) is 0 Å². The van der Waals surface area contributed by atoms with Gasteiger partial charge >= 0.3 is 0 Å². The maximum absolute atomic E-state index is 7.26. The van der Waals surface area contributed by atoms with E-state index < -0.39 is 0 Å². The monoisotopic (exact) mass is 189 g/mol. The van der Waals surface area contributed by atoms with Crippen LogP contribution in [0.3, 0.4) is 0 Å². The molecule has 3 heteroatoms. The molecule has 0 saturated carbocycles. The quantitative estimate of drug-likeness (QED) is 0.386. The van der Waals surface area contributed by atoms with Gasteiger partial charge in [-0.25, -0.2) is 0 Å². The van der Waals surface area contributed by atoms with E-state index in [-0.39, 0.29) is 0 Å². The van der Waals surface area contributed by atoms with Crippen molar-refractivity contribution in [1.82, 2.24) is 0 Å². The zero-order valence-electron chi connectivity index (χ0n) is 8.30. The minimum absolute atomic E-state index is 0.670. The van der Waals surface area contributed by atoms with E-state index in [1.165, 1.54) is 6.21 Å². The summed E-state index contributed by atoms with van der Waals surface area (Å²) >= 11 is 0. The number of aryl methyl sites for hydroxylation is 1. The van der Waals surface area contributed by atoms with E-state index in [1.54, 1.807) is 6.08 Å². The summed E-state index contributed by atoms with van der Waals surface area (Å²) in [5.74, 6) is 0. The molecule has 0 bridgehead atoms. The van der Waals surface area contributed by atoms with Gasteiger partial charge in [0.25, 0.3) is 0 Å². The van der Waals surface area contributed by atoms with Gasteiger partial charge in [-0.2, -0.15) is 0 Å². The normalized spacial score (nSPS) is 9.50. The predicted octanol–water partition coefficient (Wildman–Crippen LogP) is 2.17. The molecule has 4 N–H and O–H groups in total. The molecule has 0 aromatic heterocycles. The maximum Gasteiger partial charge on any atom is 0.0452 e. The fourth-order valence-electron chi connectivity index (χ4n) is 1.20. The second-order valence-corrected chi connectivity index (χ2v) is 3.11. The molecular weight excluding hydrogens is 174 g/mol. The number of anilines is 2. The number of nitrogens with one attached hydrogen (secondary N) is 2. The van der Waals surface area contributed by atoms with Crippen LogP contribution in [0.1, 0.15) is 11.1 Å². The summed E-state index contributed by atoms with van der Waals surface area (Å²) in [5, 5.41) is 10.4. The number of hydrogen-bond acceptors (Lipinski definition) is 3. The highest BCUT2D eigenvalue weighted by Gasteiger charge is 2.02. The molecule has 0 amide bonds. The summed E-state index contributed by atoms with van der Waals surface area (Å²) in [5.41, 5.74) is 9.23. The first-order valence-corrected chi connectivity index (χ1v) is 4.44. The van der Waals surface area contributed by atoms with E-state index in [0.29, 0.717) is 6.54 Å². The summed E-state index contributed by atoms with van der Waals surface area (Å²) in [6.07, 6.45) is 3.08. The largest absolute Gasteiger partial charge is 0.398 e. The van der Waals surface area contributed by atoms with E-state index >= 15 is 0 Å². The van der Waals surface area contributed by atoms with Crippen molar-refractivity contribution in [3.05, 3.63) is 35.9 Å². The molecule has 0 aliphatic carbocycles. The average molecular weight is 189 g/mol. The molecule has 1 rings (SSSR count). The van der Waals surface area contributed by atoms with Gasteiger partial charge in [0.2, 0.25) is 0 Å². The Morgan fingerprint density at radius 3 is 2.86 bits per heavy atom. The fraction of sp³-hybridized carbons (Fsp3) is 0.182. The Hall–Kier alpha value is -1.77. The molecule has 0 spiro atoms. The molecule has 0 heterocycles. The highest BCUT2D eigenvalue weighted by atomic mass is 14.9. The second-order valence-electron chi connectivity index (χ2n) is 3.11. The van der Waals surface area contributed by atoms with Crippen LogP contribution in [0.2, 0.25) is 0 Å². The number of nitrogen functional groups attached to an aromatic ring is 1. The molecule has 1 aromatic rings. The molecule has 0 radical (unpaired) electrons. The van der Waals surface area contributed by atoms with Crippen molar-refractivity contribution in [2.24, 2.45) is 0 Å². The standard InChI is InChI=1S/C11H15N3/c1-3-4-14-11-6-10(13)8(2)5-9(11)7-12/h3,5-7,12,14H,1,4,13H2,2H3. The van der Waals surface area contributed by atoms with Gasteiger partial charge in [-0.15, -0.1) is 6.58 Å². The Labute approximate surface area is 84.1 Å². The SMILES string of the molecule is C=CCNc1cc(N)c(C)cc1C=N. The van der Waals surface area contributed by atoms with Gasteiger partial charge < -0.3 is 16.5 Å². The highest BCUT2D eigenvalue weighted by Crippen LogP contribution is 2.21. The third kappa shape index (κ3) is 2.13. The Kier molecular flexibility index (Phi) is 3.29. The molecule has 0 aliphatic rings. The smallest absolute Gasteiger partial charge is 0.0452 e. The molecule has 0 unspecified atom stereocenters. The van der Waals surface area contributed by atoms with Crippen molar-refractivity contribution >= 4 is 17.6 Å². The molecule has 0 aliphatic heterocycles. The Balaban J connectivity index is 3.06. The van der Waals surface area contributed by atoms with Crippen molar-refractivity contribution < 1.29 is 0 Å². The summed E-state index contributed by atoms with van der Waals surface area (Å²) in [4.78, 5) is 0. The minimum atomic E-state index is 0.670. The van der Waals surface area contributed by atoms with Crippen LogP contribution in [-0.4, -0.2) is 12.8 Å². The van der Waals surface area contributed by atoms with Crippen LogP contribution in [0.15, 0.2) is 24.8 Å². The average Bonchev–Trinajstić information content (AvgIpc) is 2.19. The molecule has 0 fully saturated rings. The summed E-state index contributed by atoms with van der Waals surface area (Å²) in [7, 11) is 0. The van der Waals surface area contributed by atoms with Crippen LogP contribution in [0, 0.1) is 12.3 Å². The van der Waals surface area contributed by atoms with Crippen molar-refractivity contribution in [2.75, 3.05) is 17.6 Å². The topological polar surface area (TPSA) is 61.9 Å². The van der Waals surface area contributed by atoms with Crippen LogP contribution < -0.4 is 11.1 Å². The van der Waals surface area contributed by atoms with Gasteiger partial charge in [-0.1, -0.05) is 6.08 Å². The Bertz CT molecular complexity index is 356. The van der Waals surface area contributed by atoms with Gasteiger partial charge in [0, 0.05) is 29.7 Å². The first kappa shape index (κ1) is 10.3. The summed E-state index contributed by atoms with van der Waals surface area (Å²) in [6.45, 7) is 6.22. The number of hydrogen-bond donors (Lipinski definition) is 3. The third-order valence-corrected chi connectivity index (χ3v) is 2.03. The number of benzene rings is 1. The molecule has 14 heavy (non-hydrogen) atoms. The van der Waals surface area contributed by atoms with Crippen LogP contribution >= 0.6 is 0 Å². The summed E-state index contributed by atoms with van der Waals surface area (Å²) in [6, 6.07) is 3.74. The Morgan fingerprint density at radius 1 is 1.57 bits per heavy atom. The maximum atomic E-state index is 7.26. The predicted molar refractivity (Wildman–Crippen MR) is 62.2 cm³/mol. The van der Waals surface area contributed by atoms with Crippen LogP contribution in [-0.2, 0) is 0 Å². The zero-order chi connectivity index (χ0) is 10.6. The first-order valence-electron chi connectivity index (χ1n) is 4.44. The minimum Gasteiger partial charge on any atom is -0.398 e. The van der Waals surface area contributed by atoms with Gasteiger partial charge in [0.1, 0.15) is 0 Å².